The number of hydrogen-bond acceptors (Lipinski definition) is 2. The normalized spacial score (nSPS) is 11.7. The molecule has 3 aromatic carbocycles. The van der Waals surface area contributed by atoms with Gasteiger partial charge < -0.3 is 0 Å². The molecule has 2 nitrogen and oxygen atoms in total. The first kappa shape index (κ1) is 17.1. The summed E-state index contributed by atoms with van der Waals surface area (Å²) in [5.74, 6) is -0.781. The Morgan fingerprint density at radius 1 is 0.720 bits per heavy atom. The molecule has 1 atom stereocenters. The molecule has 0 aliphatic rings. The summed E-state index contributed by atoms with van der Waals surface area (Å²) in [6.45, 7) is 0. The maximum Gasteiger partial charge on any atom is 0.170 e. The minimum Gasteiger partial charge on any atom is -0.294 e. The molecule has 0 N–H and O–H groups in total. The predicted molar refractivity (Wildman–Crippen MR) is 100 cm³/mol. The Labute approximate surface area is 152 Å². The minimum atomic E-state index is -0.608. The second-order valence-electron chi connectivity index (χ2n) is 5.80. The largest absolute Gasteiger partial charge is 0.294 e. The van der Waals surface area contributed by atoms with Crippen LogP contribution in [0.2, 0.25) is 5.02 Å². The third kappa shape index (κ3) is 4.04. The van der Waals surface area contributed by atoms with Crippen LogP contribution in [0.4, 0.5) is 0 Å². The van der Waals surface area contributed by atoms with Crippen LogP contribution in [-0.2, 0) is 0 Å². The van der Waals surface area contributed by atoms with E-state index in [0.717, 1.165) is 0 Å². The van der Waals surface area contributed by atoms with Gasteiger partial charge in [0.05, 0.1) is 5.92 Å². The molecule has 0 aliphatic carbocycles. The molecular weight excluding hydrogens is 332 g/mol. The van der Waals surface area contributed by atoms with E-state index in [1.54, 1.807) is 30.3 Å². The first-order valence-electron chi connectivity index (χ1n) is 8.09. The molecule has 124 valence electrons. The predicted octanol–water partition coefficient (Wildman–Crippen LogP) is 5.58. The van der Waals surface area contributed by atoms with E-state index < -0.39 is 5.92 Å². The van der Waals surface area contributed by atoms with Crippen molar-refractivity contribution in [2.45, 2.75) is 12.3 Å². The summed E-state index contributed by atoms with van der Waals surface area (Å²) >= 11 is 6.32. The van der Waals surface area contributed by atoms with Gasteiger partial charge in [0.15, 0.2) is 11.6 Å². The number of rotatable bonds is 6. The lowest BCUT2D eigenvalue weighted by molar-refractivity contribution is 0.0893. The fourth-order valence-corrected chi connectivity index (χ4v) is 3.10. The monoisotopic (exact) mass is 348 g/mol. The zero-order chi connectivity index (χ0) is 17.6. The van der Waals surface area contributed by atoms with Gasteiger partial charge in [-0.3, -0.25) is 9.59 Å². The van der Waals surface area contributed by atoms with Crippen molar-refractivity contribution in [3.05, 3.63) is 107 Å². The number of carbonyl (C=O) groups is 2. The highest BCUT2D eigenvalue weighted by atomic mass is 35.5. The number of Topliss-reactive ketones (excluding diaryl/α,β-unsaturated/α-hetero) is 2. The summed E-state index contributed by atoms with van der Waals surface area (Å²) in [7, 11) is 0. The number of halogens is 1. The fraction of sp³-hybridized carbons (Fsp3) is 0.0909. The second-order valence-corrected chi connectivity index (χ2v) is 6.20. The van der Waals surface area contributed by atoms with Gasteiger partial charge in [-0.15, -0.1) is 0 Å². The smallest absolute Gasteiger partial charge is 0.170 e. The van der Waals surface area contributed by atoms with Crippen LogP contribution in [0.5, 0.6) is 0 Å². The van der Waals surface area contributed by atoms with Crippen LogP contribution in [0.15, 0.2) is 84.9 Å². The van der Waals surface area contributed by atoms with Crippen molar-refractivity contribution in [3.63, 3.8) is 0 Å². The summed E-state index contributed by atoms with van der Waals surface area (Å²) in [4.78, 5) is 25.7. The van der Waals surface area contributed by atoms with Gasteiger partial charge in [0.2, 0.25) is 0 Å². The van der Waals surface area contributed by atoms with E-state index in [4.69, 9.17) is 11.6 Å². The highest BCUT2D eigenvalue weighted by molar-refractivity contribution is 6.31. The number of carbonyl (C=O) groups excluding carboxylic acids is 2. The summed E-state index contributed by atoms with van der Waals surface area (Å²) in [6.07, 6.45) is 0.0848. The van der Waals surface area contributed by atoms with E-state index in [9.17, 15) is 9.59 Å². The highest BCUT2D eigenvalue weighted by Crippen LogP contribution is 2.31. The number of hydrogen-bond donors (Lipinski definition) is 0. The summed E-state index contributed by atoms with van der Waals surface area (Å²) in [5, 5.41) is 0.498. The summed E-state index contributed by atoms with van der Waals surface area (Å²) < 4.78 is 0. The van der Waals surface area contributed by atoms with Crippen LogP contribution < -0.4 is 0 Å². The molecule has 1 unspecified atom stereocenters. The van der Waals surface area contributed by atoms with Crippen LogP contribution in [0.3, 0.4) is 0 Å². The van der Waals surface area contributed by atoms with E-state index in [1.165, 1.54) is 0 Å². The minimum absolute atomic E-state index is 0.0743. The van der Waals surface area contributed by atoms with Crippen molar-refractivity contribution in [1.29, 1.82) is 0 Å². The molecule has 0 aromatic heterocycles. The van der Waals surface area contributed by atoms with E-state index in [2.05, 4.69) is 0 Å². The molecule has 25 heavy (non-hydrogen) atoms. The van der Waals surface area contributed by atoms with Gasteiger partial charge in [-0.25, -0.2) is 0 Å². The average Bonchev–Trinajstić information content (AvgIpc) is 2.67. The van der Waals surface area contributed by atoms with E-state index in [-0.39, 0.29) is 18.0 Å². The maximum atomic E-state index is 13.1. The Bertz CT molecular complexity index is 873. The van der Waals surface area contributed by atoms with Crippen LogP contribution in [0.25, 0.3) is 0 Å². The molecule has 3 aromatic rings. The van der Waals surface area contributed by atoms with Crippen molar-refractivity contribution in [2.75, 3.05) is 0 Å². The second kappa shape index (κ2) is 7.91. The molecule has 0 bridgehead atoms. The van der Waals surface area contributed by atoms with E-state index in [1.807, 2.05) is 54.6 Å². The first-order chi connectivity index (χ1) is 12.2. The Balaban J connectivity index is 1.96. The summed E-state index contributed by atoms with van der Waals surface area (Å²) in [6, 6.07) is 25.2. The van der Waals surface area contributed by atoms with Gasteiger partial charge in [0.25, 0.3) is 0 Å². The maximum absolute atomic E-state index is 13.1. The molecule has 0 amide bonds. The zero-order valence-corrected chi connectivity index (χ0v) is 14.3. The quantitative estimate of drug-likeness (QED) is 0.545. The Morgan fingerprint density at radius 2 is 1.24 bits per heavy atom. The Hall–Kier alpha value is -2.71. The molecule has 0 saturated heterocycles. The summed E-state index contributed by atoms with van der Waals surface area (Å²) in [5.41, 5.74) is 1.86. The topological polar surface area (TPSA) is 34.1 Å². The molecule has 3 heteroatoms. The first-order valence-corrected chi connectivity index (χ1v) is 8.46. The SMILES string of the molecule is O=C(CC(C(=O)c1ccccc1)c1ccccc1Cl)c1ccccc1. The molecule has 0 radical (unpaired) electrons. The van der Waals surface area contributed by atoms with Crippen molar-refractivity contribution in [3.8, 4) is 0 Å². The van der Waals surface area contributed by atoms with Crippen molar-refractivity contribution < 1.29 is 9.59 Å². The Morgan fingerprint density at radius 3 is 1.84 bits per heavy atom. The van der Waals surface area contributed by atoms with Crippen LogP contribution in [0, 0.1) is 0 Å². The number of benzene rings is 3. The standard InChI is InChI=1S/C22H17ClO2/c23-20-14-8-7-13-18(20)19(22(25)17-11-5-2-6-12-17)15-21(24)16-9-3-1-4-10-16/h1-14,19H,15H2. The third-order valence-electron chi connectivity index (χ3n) is 4.14. The van der Waals surface area contributed by atoms with Gasteiger partial charge in [0, 0.05) is 22.6 Å². The molecule has 0 heterocycles. The van der Waals surface area contributed by atoms with Crippen LogP contribution in [-0.4, -0.2) is 11.6 Å². The van der Waals surface area contributed by atoms with Gasteiger partial charge in [-0.05, 0) is 11.6 Å². The van der Waals surface area contributed by atoms with Crippen molar-refractivity contribution in [1.82, 2.24) is 0 Å². The van der Waals surface area contributed by atoms with Gasteiger partial charge in [-0.2, -0.15) is 0 Å². The lowest BCUT2D eigenvalue weighted by Crippen LogP contribution is -2.17. The van der Waals surface area contributed by atoms with Gasteiger partial charge in [-0.1, -0.05) is 90.5 Å². The molecular formula is C22H17ClO2. The fourth-order valence-electron chi connectivity index (χ4n) is 2.83. The molecule has 0 spiro atoms. The molecule has 0 aliphatic heterocycles. The lowest BCUT2D eigenvalue weighted by Gasteiger charge is -2.17. The average molecular weight is 349 g/mol. The van der Waals surface area contributed by atoms with E-state index >= 15 is 0 Å². The molecule has 3 rings (SSSR count). The highest BCUT2D eigenvalue weighted by Gasteiger charge is 2.27. The van der Waals surface area contributed by atoms with Crippen molar-refractivity contribution in [2.24, 2.45) is 0 Å². The lowest BCUT2D eigenvalue weighted by atomic mass is 9.85. The zero-order valence-electron chi connectivity index (χ0n) is 13.6. The molecule has 0 saturated carbocycles. The van der Waals surface area contributed by atoms with Crippen LogP contribution in [0.1, 0.15) is 38.6 Å². The van der Waals surface area contributed by atoms with Crippen molar-refractivity contribution >= 4 is 23.2 Å². The van der Waals surface area contributed by atoms with E-state index in [0.29, 0.717) is 21.7 Å². The number of ketones is 2. The van der Waals surface area contributed by atoms with Gasteiger partial charge >= 0.3 is 0 Å². The molecule has 0 fully saturated rings. The Kier molecular flexibility index (Phi) is 5.42. The van der Waals surface area contributed by atoms with Crippen LogP contribution >= 0.6 is 11.6 Å². The van der Waals surface area contributed by atoms with Gasteiger partial charge in [0.1, 0.15) is 0 Å². The third-order valence-corrected chi connectivity index (χ3v) is 4.48.